The van der Waals surface area contributed by atoms with E-state index in [1.54, 1.807) is 0 Å². The van der Waals surface area contributed by atoms with Crippen LogP contribution in [0.2, 0.25) is 0 Å². The molecule has 19 heavy (non-hydrogen) atoms. The van der Waals surface area contributed by atoms with Crippen molar-refractivity contribution in [3.63, 3.8) is 0 Å². The number of hydrogen-bond donors (Lipinski definition) is 1. The van der Waals surface area contributed by atoms with E-state index in [-0.39, 0.29) is 0 Å². The molecule has 0 bridgehead atoms. The zero-order valence-corrected chi connectivity index (χ0v) is 11.5. The monoisotopic (exact) mass is 261 g/mol. The maximum Gasteiger partial charge on any atom is 0.121 e. The van der Waals surface area contributed by atoms with Gasteiger partial charge in [-0.05, 0) is 50.2 Å². The Labute approximate surface area is 115 Å². The molecule has 2 aliphatic heterocycles. The lowest BCUT2D eigenvalue weighted by Gasteiger charge is -2.19. The molecule has 0 amide bonds. The summed E-state index contributed by atoms with van der Waals surface area (Å²) in [6.45, 7) is 2.82. The van der Waals surface area contributed by atoms with E-state index in [2.05, 4.69) is 23.5 Å². The molecule has 1 aromatic carbocycles. The van der Waals surface area contributed by atoms with Gasteiger partial charge < -0.3 is 14.8 Å². The number of benzene rings is 1. The van der Waals surface area contributed by atoms with E-state index in [1.165, 1.54) is 36.9 Å². The quantitative estimate of drug-likeness (QED) is 0.824. The molecule has 0 aliphatic carbocycles. The molecule has 1 saturated heterocycles. The molecule has 3 nitrogen and oxygen atoms in total. The third-order valence-corrected chi connectivity index (χ3v) is 3.98. The molecule has 1 unspecified atom stereocenters. The van der Waals surface area contributed by atoms with Crippen molar-refractivity contribution < 1.29 is 9.47 Å². The van der Waals surface area contributed by atoms with Crippen LogP contribution in [0.4, 0.5) is 5.69 Å². The zero-order chi connectivity index (χ0) is 12.9. The van der Waals surface area contributed by atoms with Gasteiger partial charge in [-0.2, -0.15) is 0 Å². The van der Waals surface area contributed by atoms with Crippen LogP contribution in [-0.2, 0) is 11.2 Å². The van der Waals surface area contributed by atoms with Crippen LogP contribution in [0.15, 0.2) is 18.2 Å². The highest BCUT2D eigenvalue weighted by molar-refractivity contribution is 5.56. The molecule has 1 N–H and O–H groups in total. The molecule has 0 aromatic heterocycles. The molecule has 0 radical (unpaired) electrons. The molecular formula is C16H23NO2. The lowest BCUT2D eigenvalue weighted by Crippen LogP contribution is -2.12. The second-order valence-electron chi connectivity index (χ2n) is 5.48. The summed E-state index contributed by atoms with van der Waals surface area (Å²) < 4.78 is 11.5. The Kier molecular flexibility index (Phi) is 4.23. The number of anilines is 1. The Morgan fingerprint density at radius 2 is 2.32 bits per heavy atom. The van der Waals surface area contributed by atoms with Crippen molar-refractivity contribution in [2.75, 3.05) is 25.1 Å². The van der Waals surface area contributed by atoms with Crippen LogP contribution in [-0.4, -0.2) is 25.9 Å². The fourth-order valence-corrected chi connectivity index (χ4v) is 2.90. The largest absolute Gasteiger partial charge is 0.494 e. The van der Waals surface area contributed by atoms with E-state index < -0.39 is 0 Å². The molecule has 3 heteroatoms. The first-order valence-electron chi connectivity index (χ1n) is 7.53. The molecule has 1 atom stereocenters. The van der Waals surface area contributed by atoms with Gasteiger partial charge in [0.1, 0.15) is 5.75 Å². The number of aryl methyl sites for hydroxylation is 1. The molecular weight excluding hydrogens is 238 g/mol. The Balaban J connectivity index is 1.44. The highest BCUT2D eigenvalue weighted by Crippen LogP contribution is 2.26. The second-order valence-corrected chi connectivity index (χ2v) is 5.48. The van der Waals surface area contributed by atoms with E-state index in [9.17, 15) is 0 Å². The van der Waals surface area contributed by atoms with Crippen LogP contribution in [0.1, 0.15) is 37.7 Å². The van der Waals surface area contributed by atoms with Crippen LogP contribution < -0.4 is 10.1 Å². The fourth-order valence-electron chi connectivity index (χ4n) is 2.90. The van der Waals surface area contributed by atoms with Crippen LogP contribution >= 0.6 is 0 Å². The molecule has 1 aromatic rings. The molecule has 2 aliphatic rings. The number of hydrogen-bond acceptors (Lipinski definition) is 3. The summed E-state index contributed by atoms with van der Waals surface area (Å²) in [6.07, 6.45) is 7.55. The van der Waals surface area contributed by atoms with Gasteiger partial charge in [-0.25, -0.2) is 0 Å². The molecule has 0 spiro atoms. The predicted molar refractivity (Wildman–Crippen MR) is 77.0 cm³/mol. The third-order valence-electron chi connectivity index (χ3n) is 3.98. The van der Waals surface area contributed by atoms with Gasteiger partial charge in [-0.3, -0.25) is 0 Å². The molecule has 1 fully saturated rings. The average Bonchev–Trinajstić information content (AvgIpc) is 2.97. The van der Waals surface area contributed by atoms with Gasteiger partial charge in [-0.15, -0.1) is 0 Å². The smallest absolute Gasteiger partial charge is 0.121 e. The van der Waals surface area contributed by atoms with Crippen molar-refractivity contribution in [2.45, 2.75) is 44.6 Å². The summed E-state index contributed by atoms with van der Waals surface area (Å²) in [7, 11) is 0. The molecule has 0 saturated carbocycles. The third kappa shape index (κ3) is 3.41. The first-order valence-corrected chi connectivity index (χ1v) is 7.53. The van der Waals surface area contributed by atoms with Crippen LogP contribution in [0.5, 0.6) is 5.75 Å². The van der Waals surface area contributed by atoms with E-state index in [0.717, 1.165) is 38.3 Å². The molecule has 3 rings (SSSR count). The van der Waals surface area contributed by atoms with Crippen LogP contribution in [0, 0.1) is 0 Å². The first kappa shape index (κ1) is 12.8. The fraction of sp³-hybridized carbons (Fsp3) is 0.625. The summed E-state index contributed by atoms with van der Waals surface area (Å²) in [5.41, 5.74) is 2.67. The van der Waals surface area contributed by atoms with Crippen molar-refractivity contribution in [3.05, 3.63) is 23.8 Å². The lowest BCUT2D eigenvalue weighted by molar-refractivity contribution is 0.0981. The maximum absolute atomic E-state index is 5.84. The van der Waals surface area contributed by atoms with Gasteiger partial charge in [0.15, 0.2) is 0 Å². The minimum absolute atomic E-state index is 0.480. The first-order chi connectivity index (χ1) is 9.42. The van der Waals surface area contributed by atoms with Crippen molar-refractivity contribution in [1.82, 2.24) is 0 Å². The number of ether oxygens (including phenoxy) is 2. The Morgan fingerprint density at radius 1 is 1.32 bits per heavy atom. The highest BCUT2D eigenvalue weighted by Gasteiger charge is 2.14. The van der Waals surface area contributed by atoms with E-state index in [0.29, 0.717) is 6.10 Å². The zero-order valence-electron chi connectivity index (χ0n) is 11.5. The Hall–Kier alpha value is -1.22. The van der Waals surface area contributed by atoms with Crippen molar-refractivity contribution >= 4 is 5.69 Å². The van der Waals surface area contributed by atoms with Crippen molar-refractivity contribution in [1.29, 1.82) is 0 Å². The van der Waals surface area contributed by atoms with Crippen molar-refractivity contribution in [2.24, 2.45) is 0 Å². The number of nitrogens with one attached hydrogen (secondary N) is 1. The Morgan fingerprint density at radius 3 is 3.21 bits per heavy atom. The van der Waals surface area contributed by atoms with Gasteiger partial charge >= 0.3 is 0 Å². The highest BCUT2D eigenvalue weighted by atomic mass is 16.5. The topological polar surface area (TPSA) is 30.5 Å². The summed E-state index contributed by atoms with van der Waals surface area (Å²) in [6, 6.07) is 6.43. The molecule has 104 valence electrons. The standard InChI is InChI=1S/C16H23NO2/c1-4-13-7-8-15(12-16(13)17-9-1)19-11-3-6-14-5-2-10-18-14/h7-8,12,14,17H,1-6,9-11H2. The van der Waals surface area contributed by atoms with Gasteiger partial charge in [-0.1, -0.05) is 6.07 Å². The number of fused-ring (bicyclic) bond motifs is 1. The van der Waals surface area contributed by atoms with Gasteiger partial charge in [0.25, 0.3) is 0 Å². The van der Waals surface area contributed by atoms with Gasteiger partial charge in [0.05, 0.1) is 12.7 Å². The lowest BCUT2D eigenvalue weighted by atomic mass is 10.0. The summed E-state index contributed by atoms with van der Waals surface area (Å²) >= 11 is 0. The minimum atomic E-state index is 0.480. The predicted octanol–water partition coefficient (Wildman–Crippen LogP) is 3.38. The average molecular weight is 261 g/mol. The van der Waals surface area contributed by atoms with E-state index in [4.69, 9.17) is 9.47 Å². The Bertz CT molecular complexity index is 413. The maximum atomic E-state index is 5.84. The van der Waals surface area contributed by atoms with Gasteiger partial charge in [0.2, 0.25) is 0 Å². The number of rotatable bonds is 5. The van der Waals surface area contributed by atoms with E-state index >= 15 is 0 Å². The van der Waals surface area contributed by atoms with Crippen molar-refractivity contribution in [3.8, 4) is 5.75 Å². The van der Waals surface area contributed by atoms with Crippen LogP contribution in [0.25, 0.3) is 0 Å². The SMILES string of the molecule is c1cc2c(cc1OCCCC1CCCO1)NCCC2. The molecule has 2 heterocycles. The minimum Gasteiger partial charge on any atom is -0.494 e. The van der Waals surface area contributed by atoms with Crippen LogP contribution in [0.3, 0.4) is 0 Å². The van der Waals surface area contributed by atoms with E-state index in [1.807, 2.05) is 0 Å². The summed E-state index contributed by atoms with van der Waals surface area (Å²) in [4.78, 5) is 0. The normalized spacial score (nSPS) is 21.8. The van der Waals surface area contributed by atoms with Gasteiger partial charge in [0, 0.05) is 24.9 Å². The second kappa shape index (κ2) is 6.29. The summed E-state index contributed by atoms with van der Waals surface area (Å²) in [5.74, 6) is 0.987. The summed E-state index contributed by atoms with van der Waals surface area (Å²) in [5, 5.41) is 3.44.